The highest BCUT2D eigenvalue weighted by atomic mass is 35.5. The summed E-state index contributed by atoms with van der Waals surface area (Å²) in [5.74, 6) is -1.01. The maximum atomic E-state index is 13.5. The van der Waals surface area contributed by atoms with Gasteiger partial charge in [-0.3, -0.25) is 19.9 Å². The number of ether oxygens (including phenoxy) is 2. The zero-order chi connectivity index (χ0) is 29.9. The van der Waals surface area contributed by atoms with Crippen molar-refractivity contribution in [3.63, 3.8) is 0 Å². The fraction of sp³-hybridized carbons (Fsp3) is 0.393. The summed E-state index contributed by atoms with van der Waals surface area (Å²) in [5, 5.41) is 26.1. The minimum atomic E-state index is -4.19. The van der Waals surface area contributed by atoms with Crippen molar-refractivity contribution >= 4 is 51.0 Å². The van der Waals surface area contributed by atoms with Gasteiger partial charge in [0.05, 0.1) is 29.2 Å². The molecule has 1 unspecified atom stereocenters. The number of nitrogens with two attached hydrogens (primary N) is 1. The third-order valence-corrected chi connectivity index (χ3v) is 9.17. The van der Waals surface area contributed by atoms with Crippen LogP contribution in [0, 0.1) is 10.8 Å². The van der Waals surface area contributed by atoms with Gasteiger partial charge in [-0.15, -0.1) is 0 Å². The molecular weight excluding hydrogens is 570 g/mol. The van der Waals surface area contributed by atoms with Crippen LogP contribution in [-0.4, -0.2) is 73.7 Å². The zero-order valence-corrected chi connectivity index (χ0v) is 24.5. The highest BCUT2D eigenvalue weighted by Crippen LogP contribution is 2.44. The molecule has 1 fully saturated rings. The number of hydrogen-bond donors (Lipinski definition) is 4. The Morgan fingerprint density at radius 1 is 1.22 bits per heavy atom. The first kappa shape index (κ1) is 30.2. The van der Waals surface area contributed by atoms with Crippen molar-refractivity contribution in [3.05, 3.63) is 58.1 Å². The number of nitrogen functional groups attached to an aromatic ring is 1. The van der Waals surface area contributed by atoms with Gasteiger partial charge in [0.25, 0.3) is 0 Å². The number of fused-ring (bicyclic) bond motifs is 1. The Bertz CT molecular complexity index is 1490. The van der Waals surface area contributed by atoms with E-state index >= 15 is 0 Å². The van der Waals surface area contributed by atoms with Gasteiger partial charge < -0.3 is 25.2 Å². The van der Waals surface area contributed by atoms with Gasteiger partial charge in [-0.1, -0.05) is 23.8 Å². The number of phenolic OH excluding ortho intramolecular Hbond substituents is 1. The molecule has 0 radical (unpaired) electrons. The van der Waals surface area contributed by atoms with Crippen LogP contribution in [-0.2, 0) is 26.0 Å². The van der Waals surface area contributed by atoms with Crippen LogP contribution in [0.5, 0.6) is 11.5 Å². The van der Waals surface area contributed by atoms with Crippen molar-refractivity contribution in [1.29, 1.82) is 10.8 Å². The van der Waals surface area contributed by atoms with Crippen LogP contribution in [0.25, 0.3) is 6.08 Å². The van der Waals surface area contributed by atoms with Gasteiger partial charge in [0.15, 0.2) is 5.75 Å². The van der Waals surface area contributed by atoms with Crippen LogP contribution in [0.4, 0.5) is 5.69 Å². The number of nitrogens with one attached hydrogen (secondary N) is 2. The first-order valence-electron chi connectivity index (χ1n) is 13.2. The number of anilines is 1. The van der Waals surface area contributed by atoms with E-state index in [0.717, 1.165) is 17.1 Å². The molecule has 2 aliphatic heterocycles. The first-order valence-corrected chi connectivity index (χ1v) is 15.2. The Hall–Kier alpha value is -3.77. The summed E-state index contributed by atoms with van der Waals surface area (Å²) >= 11 is 6.80. The van der Waals surface area contributed by atoms with Crippen LogP contribution in [0.3, 0.4) is 0 Å². The highest BCUT2D eigenvalue weighted by Gasteiger charge is 2.39. The molecule has 2 aromatic rings. The number of hydrogen-bond acceptors (Lipinski definition) is 8. The normalized spacial score (nSPS) is 17.5. The molecule has 2 heterocycles. The summed E-state index contributed by atoms with van der Waals surface area (Å²) in [6.45, 7) is 4.80. The monoisotopic (exact) mass is 603 g/mol. The molecule has 41 heavy (non-hydrogen) atoms. The summed E-state index contributed by atoms with van der Waals surface area (Å²) in [4.78, 5) is 14.2. The number of phenols is 1. The average molecular weight is 604 g/mol. The molecule has 2 aliphatic rings. The van der Waals surface area contributed by atoms with Crippen LogP contribution in [0.2, 0.25) is 5.02 Å². The molecule has 11 nitrogen and oxygen atoms in total. The lowest BCUT2D eigenvalue weighted by Gasteiger charge is -2.33. The second-order valence-corrected chi connectivity index (χ2v) is 12.2. The molecule has 220 valence electrons. The fourth-order valence-corrected chi connectivity index (χ4v) is 6.86. The van der Waals surface area contributed by atoms with E-state index in [2.05, 4.69) is 0 Å². The third kappa shape index (κ3) is 6.76. The Kier molecular flexibility index (Phi) is 9.13. The molecule has 0 spiro atoms. The SMILES string of the molecule is CCOC(=O)CS(=O)(=O)N1c2ccc(OC3CCN(C(C)=N)CC3)c(Cl)c2CC1/C=C/c1cc(C(=N)N)ccc1O. The van der Waals surface area contributed by atoms with Crippen molar-refractivity contribution < 1.29 is 27.8 Å². The number of carbonyl (C=O) groups is 1. The summed E-state index contributed by atoms with van der Waals surface area (Å²) in [6, 6.07) is 6.93. The maximum absolute atomic E-state index is 13.5. The number of rotatable bonds is 9. The Balaban J connectivity index is 1.66. The van der Waals surface area contributed by atoms with Gasteiger partial charge in [0.1, 0.15) is 23.4 Å². The molecule has 0 aromatic heterocycles. The maximum Gasteiger partial charge on any atom is 0.323 e. The van der Waals surface area contributed by atoms with E-state index < -0.39 is 27.8 Å². The molecule has 4 rings (SSSR count). The molecule has 0 aliphatic carbocycles. The Morgan fingerprint density at radius 2 is 1.93 bits per heavy atom. The van der Waals surface area contributed by atoms with Gasteiger partial charge in [-0.05, 0) is 44.2 Å². The lowest BCUT2D eigenvalue weighted by molar-refractivity contribution is -0.139. The van der Waals surface area contributed by atoms with Gasteiger partial charge in [0, 0.05) is 49.0 Å². The molecule has 13 heteroatoms. The zero-order valence-electron chi connectivity index (χ0n) is 22.9. The lowest BCUT2D eigenvalue weighted by Crippen LogP contribution is -2.40. The van der Waals surface area contributed by atoms with Gasteiger partial charge in [0.2, 0.25) is 10.0 Å². The topological polar surface area (TPSA) is 170 Å². The highest BCUT2D eigenvalue weighted by molar-refractivity contribution is 7.93. The molecule has 0 saturated carbocycles. The number of benzene rings is 2. The van der Waals surface area contributed by atoms with Crippen molar-refractivity contribution in [2.75, 3.05) is 29.8 Å². The van der Waals surface area contributed by atoms with Crippen LogP contribution >= 0.6 is 11.6 Å². The average Bonchev–Trinajstić information content (AvgIpc) is 3.30. The minimum Gasteiger partial charge on any atom is -0.507 e. The summed E-state index contributed by atoms with van der Waals surface area (Å²) in [6.07, 6.45) is 4.69. The van der Waals surface area contributed by atoms with E-state index in [1.165, 1.54) is 18.2 Å². The van der Waals surface area contributed by atoms with Gasteiger partial charge >= 0.3 is 5.97 Å². The first-order chi connectivity index (χ1) is 19.4. The van der Waals surface area contributed by atoms with E-state index in [9.17, 15) is 18.3 Å². The largest absolute Gasteiger partial charge is 0.507 e. The number of sulfonamides is 1. The summed E-state index contributed by atoms with van der Waals surface area (Å²) in [7, 11) is -4.19. The number of nitrogens with zero attached hydrogens (tertiary/aromatic N) is 2. The van der Waals surface area contributed by atoms with Crippen LogP contribution < -0.4 is 14.8 Å². The van der Waals surface area contributed by atoms with Crippen LogP contribution in [0.1, 0.15) is 43.4 Å². The van der Waals surface area contributed by atoms with Crippen molar-refractivity contribution in [1.82, 2.24) is 4.90 Å². The number of halogens is 1. The van der Waals surface area contributed by atoms with Crippen molar-refractivity contribution in [3.8, 4) is 11.5 Å². The van der Waals surface area contributed by atoms with Crippen LogP contribution in [0.15, 0.2) is 36.4 Å². The Labute approximate surface area is 244 Å². The Morgan fingerprint density at radius 3 is 2.56 bits per heavy atom. The molecule has 5 N–H and O–H groups in total. The third-order valence-electron chi connectivity index (χ3n) is 7.09. The smallest absolute Gasteiger partial charge is 0.323 e. The predicted octanol–water partition coefficient (Wildman–Crippen LogP) is 3.51. The van der Waals surface area contributed by atoms with E-state index in [1.54, 1.807) is 38.1 Å². The quantitative estimate of drug-likeness (QED) is 0.192. The summed E-state index contributed by atoms with van der Waals surface area (Å²) < 4.78 is 39.3. The van der Waals surface area contributed by atoms with Crippen molar-refractivity contribution in [2.45, 2.75) is 45.3 Å². The predicted molar refractivity (Wildman–Crippen MR) is 159 cm³/mol. The molecule has 2 aromatic carbocycles. The van der Waals surface area contributed by atoms with E-state index in [1.807, 2.05) is 4.90 Å². The van der Waals surface area contributed by atoms with Crippen molar-refractivity contribution in [2.24, 2.45) is 5.73 Å². The van der Waals surface area contributed by atoms with E-state index in [0.29, 0.717) is 52.1 Å². The number of aromatic hydroxyl groups is 1. The summed E-state index contributed by atoms with van der Waals surface area (Å²) in [5.41, 5.74) is 7.22. The number of amidine groups is 2. The minimum absolute atomic E-state index is 0.0465. The number of likely N-dealkylation sites (tertiary alicyclic amines) is 1. The second-order valence-electron chi connectivity index (χ2n) is 9.94. The molecular formula is C28H34ClN5O6S. The molecule has 0 amide bonds. The fourth-order valence-electron chi connectivity index (χ4n) is 5.03. The number of esters is 1. The van der Waals surface area contributed by atoms with E-state index in [-0.39, 0.29) is 30.7 Å². The molecule has 0 bridgehead atoms. The standard InChI is InChI=1S/C28H34ClN5O6S/c1-3-39-26(36)16-41(37,38)34-20(6-4-18-14-19(28(31)32)5-8-24(18)35)15-22-23(34)7-9-25(27(22)29)40-21-10-12-33(13-11-21)17(2)30/h4-9,14,20-21,30,35H,3,10-13,15-16H2,1-2H3,(H3,31,32)/b6-4+,30-17?. The second kappa shape index (κ2) is 12.4. The van der Waals surface area contributed by atoms with Gasteiger partial charge in [-0.2, -0.15) is 0 Å². The molecule has 1 saturated heterocycles. The number of carbonyl (C=O) groups excluding carboxylic acids is 1. The molecule has 1 atom stereocenters. The number of piperidine rings is 1. The van der Waals surface area contributed by atoms with E-state index in [4.69, 9.17) is 37.6 Å². The lowest BCUT2D eigenvalue weighted by atomic mass is 10.1. The van der Waals surface area contributed by atoms with Gasteiger partial charge in [-0.25, -0.2) is 8.42 Å².